The van der Waals surface area contributed by atoms with Gasteiger partial charge in [0.05, 0.1) is 18.8 Å². The molecule has 4 nitrogen and oxygen atoms in total. The van der Waals surface area contributed by atoms with Gasteiger partial charge in [-0.25, -0.2) is 0 Å². The van der Waals surface area contributed by atoms with Crippen molar-refractivity contribution in [2.45, 2.75) is 64.8 Å². The average Bonchev–Trinajstić information content (AvgIpc) is 3.29. The fourth-order valence-electron chi connectivity index (χ4n) is 4.77. The van der Waals surface area contributed by atoms with Gasteiger partial charge in [0.15, 0.2) is 0 Å². The van der Waals surface area contributed by atoms with Crippen LogP contribution in [0.5, 0.6) is 5.75 Å². The van der Waals surface area contributed by atoms with Crippen LogP contribution in [0.3, 0.4) is 0 Å². The molecule has 1 aliphatic rings. The number of methoxy groups -OCH3 is 1. The highest BCUT2D eigenvalue weighted by Crippen LogP contribution is 2.37. The van der Waals surface area contributed by atoms with Crippen molar-refractivity contribution < 1.29 is 4.74 Å². The zero-order chi connectivity index (χ0) is 22.7. The van der Waals surface area contributed by atoms with E-state index in [-0.39, 0.29) is 5.54 Å². The van der Waals surface area contributed by atoms with Crippen molar-refractivity contribution in [3.63, 3.8) is 0 Å². The highest BCUT2D eigenvalue weighted by molar-refractivity contribution is 5.67. The SMILES string of the molecule is COc1ccc(C2CCC(CNc3cccc(-c4cnn(C(C)(C)C)c4)c3)CC2)cc1C. The van der Waals surface area contributed by atoms with Gasteiger partial charge >= 0.3 is 0 Å². The molecular weight excluding hydrogens is 394 g/mol. The van der Waals surface area contributed by atoms with Crippen molar-refractivity contribution in [3.05, 3.63) is 66.0 Å². The number of nitrogens with one attached hydrogen (secondary N) is 1. The third-order valence-electron chi connectivity index (χ3n) is 6.80. The van der Waals surface area contributed by atoms with E-state index in [9.17, 15) is 0 Å². The van der Waals surface area contributed by atoms with Crippen molar-refractivity contribution in [2.75, 3.05) is 19.0 Å². The molecule has 2 aromatic carbocycles. The summed E-state index contributed by atoms with van der Waals surface area (Å²) >= 11 is 0. The number of anilines is 1. The van der Waals surface area contributed by atoms with Gasteiger partial charge in [-0.1, -0.05) is 24.3 Å². The second-order valence-corrected chi connectivity index (χ2v) is 10.3. The lowest BCUT2D eigenvalue weighted by Crippen LogP contribution is -2.21. The number of benzene rings is 2. The molecule has 0 unspecified atom stereocenters. The molecular formula is C28H37N3O. The summed E-state index contributed by atoms with van der Waals surface area (Å²) in [5.74, 6) is 2.40. The summed E-state index contributed by atoms with van der Waals surface area (Å²) in [6, 6.07) is 15.4. The minimum Gasteiger partial charge on any atom is -0.496 e. The van der Waals surface area contributed by atoms with Crippen LogP contribution >= 0.6 is 0 Å². The third-order valence-corrected chi connectivity index (χ3v) is 6.80. The predicted molar refractivity (Wildman–Crippen MR) is 134 cm³/mol. The molecule has 1 aliphatic carbocycles. The number of aromatic nitrogens is 2. The van der Waals surface area contributed by atoms with Crippen LogP contribution < -0.4 is 10.1 Å². The van der Waals surface area contributed by atoms with E-state index in [1.165, 1.54) is 53.6 Å². The van der Waals surface area contributed by atoms with Gasteiger partial charge in [-0.3, -0.25) is 4.68 Å². The molecule has 1 heterocycles. The van der Waals surface area contributed by atoms with E-state index in [1.807, 2.05) is 10.9 Å². The Balaban J connectivity index is 1.32. The number of hydrogen-bond donors (Lipinski definition) is 1. The largest absolute Gasteiger partial charge is 0.496 e. The van der Waals surface area contributed by atoms with Crippen LogP contribution in [0, 0.1) is 12.8 Å². The van der Waals surface area contributed by atoms with Crippen LogP contribution in [-0.4, -0.2) is 23.4 Å². The zero-order valence-corrected chi connectivity index (χ0v) is 20.2. The maximum atomic E-state index is 5.42. The van der Waals surface area contributed by atoms with Crippen molar-refractivity contribution in [3.8, 4) is 16.9 Å². The fraction of sp³-hybridized carbons (Fsp3) is 0.464. The number of nitrogens with zero attached hydrogens (tertiary/aromatic N) is 2. The van der Waals surface area contributed by atoms with E-state index < -0.39 is 0 Å². The Bertz CT molecular complexity index is 1040. The first-order valence-corrected chi connectivity index (χ1v) is 11.9. The molecule has 0 saturated heterocycles. The summed E-state index contributed by atoms with van der Waals surface area (Å²) in [7, 11) is 1.74. The summed E-state index contributed by atoms with van der Waals surface area (Å²) in [4.78, 5) is 0. The number of ether oxygens (including phenoxy) is 1. The Morgan fingerprint density at radius 2 is 1.81 bits per heavy atom. The van der Waals surface area contributed by atoms with Gasteiger partial charge in [-0.2, -0.15) is 5.10 Å². The van der Waals surface area contributed by atoms with E-state index in [0.717, 1.165) is 18.2 Å². The first-order chi connectivity index (χ1) is 15.3. The van der Waals surface area contributed by atoms with Crippen LogP contribution in [0.15, 0.2) is 54.9 Å². The molecule has 0 amide bonds. The summed E-state index contributed by atoms with van der Waals surface area (Å²) in [5, 5.41) is 8.25. The standard InChI is InChI=1S/C28H37N3O/c1-20-15-24(13-14-27(20)32-5)22-11-9-21(10-12-22)17-29-26-8-6-7-23(16-26)25-18-30-31(19-25)28(2,3)4/h6-8,13-16,18-19,21-22,29H,9-12,17H2,1-5H3. The van der Waals surface area contributed by atoms with Crippen molar-refractivity contribution in [2.24, 2.45) is 5.92 Å². The molecule has 1 N–H and O–H groups in total. The van der Waals surface area contributed by atoms with Crippen LogP contribution in [-0.2, 0) is 5.54 Å². The van der Waals surface area contributed by atoms with Gasteiger partial charge in [0, 0.05) is 24.0 Å². The second kappa shape index (κ2) is 9.40. The molecule has 0 bridgehead atoms. The van der Waals surface area contributed by atoms with E-state index in [1.54, 1.807) is 7.11 Å². The van der Waals surface area contributed by atoms with Gasteiger partial charge in [0.1, 0.15) is 5.75 Å². The Morgan fingerprint density at radius 3 is 2.47 bits per heavy atom. The second-order valence-electron chi connectivity index (χ2n) is 10.3. The van der Waals surface area contributed by atoms with Crippen LogP contribution in [0.2, 0.25) is 0 Å². The average molecular weight is 432 g/mol. The normalized spacial score (nSPS) is 19.0. The predicted octanol–water partition coefficient (Wildman–Crippen LogP) is 7.01. The first kappa shape index (κ1) is 22.4. The molecule has 170 valence electrons. The lowest BCUT2D eigenvalue weighted by Gasteiger charge is -2.29. The molecule has 1 fully saturated rings. The lowest BCUT2D eigenvalue weighted by molar-refractivity contribution is 0.338. The monoisotopic (exact) mass is 431 g/mol. The minimum absolute atomic E-state index is 0.00251. The molecule has 4 heteroatoms. The van der Waals surface area contributed by atoms with Crippen molar-refractivity contribution >= 4 is 5.69 Å². The van der Waals surface area contributed by atoms with Gasteiger partial charge in [0.2, 0.25) is 0 Å². The minimum atomic E-state index is -0.00251. The highest BCUT2D eigenvalue weighted by Gasteiger charge is 2.23. The summed E-state index contributed by atoms with van der Waals surface area (Å²) < 4.78 is 7.45. The molecule has 32 heavy (non-hydrogen) atoms. The number of rotatable bonds is 6. The Morgan fingerprint density at radius 1 is 1.03 bits per heavy atom. The lowest BCUT2D eigenvalue weighted by atomic mass is 9.78. The van der Waals surface area contributed by atoms with Gasteiger partial charge in [-0.15, -0.1) is 0 Å². The van der Waals surface area contributed by atoms with E-state index >= 15 is 0 Å². The Kier molecular flexibility index (Phi) is 6.59. The van der Waals surface area contributed by atoms with Gasteiger partial charge < -0.3 is 10.1 Å². The molecule has 0 atom stereocenters. The maximum absolute atomic E-state index is 5.42. The van der Waals surface area contributed by atoms with Crippen LogP contribution in [0.1, 0.15) is 63.5 Å². The molecule has 0 radical (unpaired) electrons. The van der Waals surface area contributed by atoms with Crippen LogP contribution in [0.25, 0.3) is 11.1 Å². The molecule has 4 rings (SSSR count). The third kappa shape index (κ3) is 5.17. The van der Waals surface area contributed by atoms with Crippen molar-refractivity contribution in [1.29, 1.82) is 0 Å². The summed E-state index contributed by atoms with van der Waals surface area (Å²) in [5.41, 5.74) is 6.28. The first-order valence-electron chi connectivity index (χ1n) is 11.9. The summed E-state index contributed by atoms with van der Waals surface area (Å²) in [6.07, 6.45) is 9.20. The number of aryl methyl sites for hydroxylation is 1. The quantitative estimate of drug-likeness (QED) is 0.456. The molecule has 3 aromatic rings. The van der Waals surface area contributed by atoms with Crippen LogP contribution in [0.4, 0.5) is 5.69 Å². The maximum Gasteiger partial charge on any atom is 0.121 e. The Labute approximate surface area is 193 Å². The van der Waals surface area contributed by atoms with E-state index in [4.69, 9.17) is 4.74 Å². The molecule has 1 aromatic heterocycles. The highest BCUT2D eigenvalue weighted by atomic mass is 16.5. The molecule has 0 spiro atoms. The van der Waals surface area contributed by atoms with Crippen molar-refractivity contribution in [1.82, 2.24) is 9.78 Å². The number of hydrogen-bond acceptors (Lipinski definition) is 3. The van der Waals surface area contributed by atoms with E-state index in [0.29, 0.717) is 5.92 Å². The molecule has 1 saturated carbocycles. The Hall–Kier alpha value is -2.75. The van der Waals surface area contributed by atoms with E-state index in [2.05, 4.69) is 86.8 Å². The topological polar surface area (TPSA) is 39.1 Å². The zero-order valence-electron chi connectivity index (χ0n) is 20.2. The fourth-order valence-corrected chi connectivity index (χ4v) is 4.77. The molecule has 0 aliphatic heterocycles. The van der Waals surface area contributed by atoms with Gasteiger partial charge in [0.25, 0.3) is 0 Å². The smallest absolute Gasteiger partial charge is 0.121 e. The summed E-state index contributed by atoms with van der Waals surface area (Å²) in [6.45, 7) is 9.70. The van der Waals surface area contributed by atoms with Gasteiger partial charge in [-0.05, 0) is 100 Å².